The molecular formula is C32H37Cl2N3O6S. The maximum absolute atomic E-state index is 14.4. The highest BCUT2D eigenvalue weighted by atomic mass is 35.5. The van der Waals surface area contributed by atoms with Gasteiger partial charge in [0.1, 0.15) is 24.1 Å². The first-order valence-electron chi connectivity index (χ1n) is 14.3. The molecule has 3 aromatic rings. The molecule has 1 fully saturated rings. The lowest BCUT2D eigenvalue weighted by Gasteiger charge is -2.34. The smallest absolute Gasteiger partial charge is 0.244 e. The number of sulfonamides is 1. The molecule has 4 rings (SSSR count). The molecule has 1 N–H and O–H groups in total. The number of methoxy groups -OCH3 is 2. The molecule has 1 atom stereocenters. The van der Waals surface area contributed by atoms with Crippen LogP contribution in [0, 0.1) is 0 Å². The number of nitrogens with one attached hydrogen (secondary N) is 1. The van der Waals surface area contributed by atoms with Crippen LogP contribution in [0.1, 0.15) is 36.8 Å². The molecule has 0 aliphatic heterocycles. The van der Waals surface area contributed by atoms with Crippen molar-refractivity contribution in [2.24, 2.45) is 0 Å². The summed E-state index contributed by atoms with van der Waals surface area (Å²) in [6.07, 6.45) is 4.93. The Morgan fingerprint density at radius 3 is 2.20 bits per heavy atom. The summed E-state index contributed by atoms with van der Waals surface area (Å²) in [4.78, 5) is 29.8. The van der Waals surface area contributed by atoms with E-state index in [1.807, 2.05) is 30.3 Å². The van der Waals surface area contributed by atoms with Gasteiger partial charge in [-0.3, -0.25) is 13.9 Å². The van der Waals surface area contributed by atoms with Gasteiger partial charge in [0.15, 0.2) is 0 Å². The Balaban J connectivity index is 1.79. The van der Waals surface area contributed by atoms with E-state index in [2.05, 4.69) is 5.32 Å². The quantitative estimate of drug-likeness (QED) is 0.260. The molecule has 2 amide bonds. The molecule has 1 aliphatic rings. The van der Waals surface area contributed by atoms with Crippen molar-refractivity contribution >= 4 is 50.7 Å². The van der Waals surface area contributed by atoms with Crippen LogP contribution in [0.4, 0.5) is 5.69 Å². The predicted molar refractivity (Wildman–Crippen MR) is 173 cm³/mol. The lowest BCUT2D eigenvalue weighted by atomic mass is 10.0. The van der Waals surface area contributed by atoms with Crippen LogP contribution in [0.15, 0.2) is 66.7 Å². The molecule has 9 nitrogen and oxygen atoms in total. The van der Waals surface area contributed by atoms with Gasteiger partial charge in [-0.05, 0) is 42.7 Å². The molecule has 236 valence electrons. The monoisotopic (exact) mass is 661 g/mol. The molecule has 0 heterocycles. The maximum Gasteiger partial charge on any atom is 0.244 e. The predicted octanol–water partition coefficient (Wildman–Crippen LogP) is 5.48. The van der Waals surface area contributed by atoms with E-state index in [-0.39, 0.29) is 36.4 Å². The number of halogens is 2. The number of hydrogen-bond donors (Lipinski definition) is 1. The van der Waals surface area contributed by atoms with E-state index in [1.54, 1.807) is 24.3 Å². The van der Waals surface area contributed by atoms with Crippen LogP contribution in [0.2, 0.25) is 10.0 Å². The van der Waals surface area contributed by atoms with Gasteiger partial charge in [-0.15, -0.1) is 0 Å². The number of carbonyl (C=O) groups is 2. The van der Waals surface area contributed by atoms with Crippen molar-refractivity contribution in [3.63, 3.8) is 0 Å². The van der Waals surface area contributed by atoms with E-state index in [4.69, 9.17) is 32.7 Å². The van der Waals surface area contributed by atoms with Gasteiger partial charge in [0.2, 0.25) is 21.8 Å². The summed E-state index contributed by atoms with van der Waals surface area (Å²) in [5.74, 6) is -0.299. The van der Waals surface area contributed by atoms with E-state index < -0.39 is 28.5 Å². The molecule has 0 unspecified atom stereocenters. The molecule has 1 saturated carbocycles. The first-order valence-corrected chi connectivity index (χ1v) is 16.9. The number of benzene rings is 3. The van der Waals surface area contributed by atoms with Crippen molar-refractivity contribution in [1.29, 1.82) is 0 Å². The lowest BCUT2D eigenvalue weighted by Crippen LogP contribution is -2.54. The van der Waals surface area contributed by atoms with E-state index in [0.29, 0.717) is 21.4 Å². The van der Waals surface area contributed by atoms with Crippen LogP contribution in [0.5, 0.6) is 11.5 Å². The number of nitrogens with zero attached hydrogens (tertiary/aromatic N) is 2. The molecule has 0 saturated heterocycles. The molecule has 44 heavy (non-hydrogen) atoms. The zero-order chi connectivity index (χ0) is 31.9. The number of hydrogen-bond acceptors (Lipinski definition) is 6. The molecule has 0 radical (unpaired) electrons. The second kappa shape index (κ2) is 15.0. The lowest BCUT2D eigenvalue weighted by molar-refractivity contribution is -0.140. The van der Waals surface area contributed by atoms with E-state index in [1.165, 1.54) is 31.3 Å². The summed E-state index contributed by atoms with van der Waals surface area (Å²) >= 11 is 13.1. The minimum atomic E-state index is -4.00. The second-order valence-electron chi connectivity index (χ2n) is 10.7. The van der Waals surface area contributed by atoms with Gasteiger partial charge in [-0.25, -0.2) is 8.42 Å². The second-order valence-corrected chi connectivity index (χ2v) is 13.4. The number of amides is 2. The zero-order valence-electron chi connectivity index (χ0n) is 25.0. The van der Waals surface area contributed by atoms with Gasteiger partial charge < -0.3 is 19.7 Å². The largest absolute Gasteiger partial charge is 0.497 e. The number of rotatable bonds is 13. The minimum absolute atomic E-state index is 0.00213. The third kappa shape index (κ3) is 8.37. The Morgan fingerprint density at radius 2 is 1.61 bits per heavy atom. The summed E-state index contributed by atoms with van der Waals surface area (Å²) in [5.41, 5.74) is 1.43. The topological polar surface area (TPSA) is 105 Å². The molecule has 0 aromatic heterocycles. The minimum Gasteiger partial charge on any atom is -0.497 e. The van der Waals surface area contributed by atoms with Gasteiger partial charge in [-0.2, -0.15) is 0 Å². The Kier molecular flexibility index (Phi) is 11.4. The van der Waals surface area contributed by atoms with Gasteiger partial charge in [0, 0.05) is 40.7 Å². The van der Waals surface area contributed by atoms with E-state index >= 15 is 0 Å². The van der Waals surface area contributed by atoms with Gasteiger partial charge >= 0.3 is 0 Å². The van der Waals surface area contributed by atoms with Crippen molar-refractivity contribution in [2.45, 2.75) is 50.7 Å². The molecule has 0 bridgehead atoms. The normalized spacial score (nSPS) is 14.1. The Labute approximate surface area is 269 Å². The van der Waals surface area contributed by atoms with Crippen LogP contribution in [0.25, 0.3) is 0 Å². The number of ether oxygens (including phenoxy) is 2. The summed E-state index contributed by atoms with van der Waals surface area (Å²) in [6, 6.07) is 18.0. The fourth-order valence-electron chi connectivity index (χ4n) is 5.36. The first kappa shape index (κ1) is 33.4. The maximum atomic E-state index is 14.4. The Bertz CT molecular complexity index is 1550. The highest BCUT2D eigenvalue weighted by Gasteiger charge is 2.35. The molecule has 3 aromatic carbocycles. The fraction of sp³-hybridized carbons (Fsp3) is 0.375. The van der Waals surface area contributed by atoms with Gasteiger partial charge in [-0.1, -0.05) is 72.4 Å². The summed E-state index contributed by atoms with van der Waals surface area (Å²) < 4.78 is 38.0. The van der Waals surface area contributed by atoms with Crippen molar-refractivity contribution in [3.8, 4) is 11.5 Å². The third-order valence-corrected chi connectivity index (χ3v) is 9.53. The van der Waals surface area contributed by atoms with Crippen molar-refractivity contribution in [2.75, 3.05) is 31.3 Å². The van der Waals surface area contributed by atoms with E-state index in [0.717, 1.165) is 41.8 Å². The Morgan fingerprint density at radius 1 is 0.955 bits per heavy atom. The van der Waals surface area contributed by atoms with Crippen LogP contribution in [-0.4, -0.2) is 64.2 Å². The molecular weight excluding hydrogens is 625 g/mol. The highest BCUT2D eigenvalue weighted by Crippen LogP contribution is 2.34. The summed E-state index contributed by atoms with van der Waals surface area (Å²) in [6.45, 7) is -0.726. The van der Waals surface area contributed by atoms with Gasteiger partial charge in [0.05, 0.1) is 26.2 Å². The zero-order valence-corrected chi connectivity index (χ0v) is 27.3. The van der Waals surface area contributed by atoms with Crippen molar-refractivity contribution in [3.05, 3.63) is 87.9 Å². The SMILES string of the molecule is COc1ccc(N(CC(=O)N(Cc2c(Cl)cccc2Cl)[C@H](Cc2ccccc2)C(=O)NC2CCCC2)S(C)(=O)=O)c(OC)c1. The third-order valence-electron chi connectivity index (χ3n) is 7.70. The average Bonchev–Trinajstić information content (AvgIpc) is 3.51. The molecule has 1 aliphatic carbocycles. The molecule has 12 heteroatoms. The highest BCUT2D eigenvalue weighted by molar-refractivity contribution is 7.92. The van der Waals surface area contributed by atoms with Crippen LogP contribution < -0.4 is 19.1 Å². The van der Waals surface area contributed by atoms with Crippen molar-refractivity contribution < 1.29 is 27.5 Å². The average molecular weight is 663 g/mol. The van der Waals surface area contributed by atoms with Gasteiger partial charge in [0.25, 0.3) is 0 Å². The Hall–Kier alpha value is -3.47. The van der Waals surface area contributed by atoms with E-state index in [9.17, 15) is 18.0 Å². The number of carbonyl (C=O) groups excluding carboxylic acids is 2. The molecule has 0 spiro atoms. The van der Waals surface area contributed by atoms with Crippen LogP contribution in [-0.2, 0) is 32.6 Å². The summed E-state index contributed by atoms with van der Waals surface area (Å²) in [5, 5.41) is 3.77. The number of anilines is 1. The van der Waals surface area contributed by atoms with Crippen molar-refractivity contribution in [1.82, 2.24) is 10.2 Å². The van der Waals surface area contributed by atoms with Crippen LogP contribution >= 0.6 is 23.2 Å². The van der Waals surface area contributed by atoms with Crippen LogP contribution in [0.3, 0.4) is 0 Å². The standard InChI is InChI=1S/C32H37Cl2N3O6S/c1-42-24-16-17-28(30(19-24)43-2)37(44(3,40)41)21-31(38)36(20-25-26(33)14-9-15-27(25)34)29(18-22-10-5-4-6-11-22)32(39)35-23-12-7-8-13-23/h4-6,9-11,14-17,19,23,29H,7-8,12-13,18,20-21H2,1-3H3,(H,35,39)/t29-/m1/s1. The fourth-order valence-corrected chi connectivity index (χ4v) is 6.73. The summed E-state index contributed by atoms with van der Waals surface area (Å²) in [7, 11) is -1.12. The first-order chi connectivity index (χ1) is 21.0.